The quantitative estimate of drug-likeness (QED) is 0.666. The molecule has 0 aliphatic rings. The fraction of sp³-hybridized carbons (Fsp3) is 0.545. The highest BCUT2D eigenvalue weighted by molar-refractivity contribution is 5.42. The maximum absolute atomic E-state index is 5.51. The fourth-order valence-corrected chi connectivity index (χ4v) is 0.653. The Labute approximate surface area is 81.2 Å². The molecule has 0 aromatic carbocycles. The van der Waals surface area contributed by atoms with Crippen molar-refractivity contribution in [2.45, 2.75) is 34.6 Å². The second kappa shape index (κ2) is 5.57. The molecule has 0 spiro atoms. The van der Waals surface area contributed by atoms with Crippen molar-refractivity contribution >= 4 is 5.82 Å². The number of nitrogens with zero attached hydrogens (tertiary/aromatic N) is 1. The predicted molar refractivity (Wildman–Crippen MR) is 58.6 cm³/mol. The van der Waals surface area contributed by atoms with Crippen molar-refractivity contribution in [3.63, 3.8) is 0 Å². The molecule has 1 heterocycles. The van der Waals surface area contributed by atoms with Crippen LogP contribution in [0.2, 0.25) is 0 Å². The molecule has 0 fully saturated rings. The third-order valence-electron chi connectivity index (χ3n) is 1.51. The van der Waals surface area contributed by atoms with Gasteiger partial charge in [0, 0.05) is 6.20 Å². The second-order valence-corrected chi connectivity index (χ2v) is 3.87. The Morgan fingerprint density at radius 3 is 2.00 bits per heavy atom. The summed E-state index contributed by atoms with van der Waals surface area (Å²) in [6.45, 7) is 10.5. The molecule has 13 heavy (non-hydrogen) atoms. The lowest BCUT2D eigenvalue weighted by Crippen LogP contribution is -1.94. The molecule has 74 valence electrons. The molecule has 0 atom stereocenters. The highest BCUT2D eigenvalue weighted by Crippen LogP contribution is 2.09. The fourth-order valence-electron chi connectivity index (χ4n) is 0.653. The molecule has 2 N–H and O–H groups in total. The van der Waals surface area contributed by atoms with Crippen LogP contribution in [0.4, 0.5) is 5.82 Å². The molecule has 0 saturated carbocycles. The molecule has 0 saturated heterocycles. The van der Waals surface area contributed by atoms with Crippen molar-refractivity contribution in [2.75, 3.05) is 5.73 Å². The summed E-state index contributed by atoms with van der Waals surface area (Å²) < 4.78 is 0. The summed E-state index contributed by atoms with van der Waals surface area (Å²) in [5.41, 5.74) is 7.79. The van der Waals surface area contributed by atoms with Crippen molar-refractivity contribution in [2.24, 2.45) is 5.92 Å². The monoisotopic (exact) mass is 180 g/mol. The molecule has 0 unspecified atom stereocenters. The summed E-state index contributed by atoms with van der Waals surface area (Å²) >= 11 is 0. The van der Waals surface area contributed by atoms with Gasteiger partial charge >= 0.3 is 0 Å². The Balaban J connectivity index is 0.000000310. The zero-order valence-electron chi connectivity index (χ0n) is 9.26. The number of hydrogen-bond donors (Lipinski definition) is 1. The Kier molecular flexibility index (Phi) is 5.12. The average molecular weight is 180 g/mol. The van der Waals surface area contributed by atoms with E-state index in [1.54, 1.807) is 6.20 Å². The first-order valence-electron chi connectivity index (χ1n) is 4.62. The van der Waals surface area contributed by atoms with E-state index in [0.717, 1.165) is 11.5 Å². The van der Waals surface area contributed by atoms with Crippen molar-refractivity contribution in [1.29, 1.82) is 0 Å². The predicted octanol–water partition coefficient (Wildman–Crippen LogP) is 2.94. The van der Waals surface area contributed by atoms with E-state index in [0.29, 0.717) is 5.82 Å². The number of hydrogen-bond acceptors (Lipinski definition) is 2. The van der Waals surface area contributed by atoms with Gasteiger partial charge in [-0.05, 0) is 37.0 Å². The first kappa shape index (κ1) is 11.9. The van der Waals surface area contributed by atoms with Gasteiger partial charge in [-0.1, -0.05) is 20.8 Å². The van der Waals surface area contributed by atoms with Gasteiger partial charge in [-0.25, -0.2) is 4.98 Å². The molecule has 0 bridgehead atoms. The molecular formula is C11H20N2. The van der Waals surface area contributed by atoms with E-state index < -0.39 is 0 Å². The SMILES string of the molecule is CC(C)C.Cc1ccnc(N)c1C. The standard InChI is InChI=1S/C7H10N2.C4H10/c1-5-3-4-9-7(8)6(5)2;1-4(2)3/h3-4H,1-2H3,(H2,8,9);4H,1-3H3. The molecule has 0 aliphatic heterocycles. The van der Waals surface area contributed by atoms with Crippen LogP contribution in [0.5, 0.6) is 0 Å². The number of nitrogens with two attached hydrogens (primary N) is 1. The Bertz CT molecular complexity index is 231. The minimum Gasteiger partial charge on any atom is -0.383 e. The molecule has 1 rings (SSSR count). The molecule has 2 nitrogen and oxygen atoms in total. The molecule has 0 radical (unpaired) electrons. The van der Waals surface area contributed by atoms with E-state index in [4.69, 9.17) is 5.73 Å². The van der Waals surface area contributed by atoms with Gasteiger partial charge in [0.1, 0.15) is 5.82 Å². The van der Waals surface area contributed by atoms with Crippen molar-refractivity contribution in [3.05, 3.63) is 23.4 Å². The van der Waals surface area contributed by atoms with Gasteiger partial charge in [-0.3, -0.25) is 0 Å². The van der Waals surface area contributed by atoms with Gasteiger partial charge in [-0.15, -0.1) is 0 Å². The first-order valence-corrected chi connectivity index (χ1v) is 4.62. The van der Waals surface area contributed by atoms with Crippen LogP contribution in [-0.2, 0) is 0 Å². The topological polar surface area (TPSA) is 38.9 Å². The third kappa shape index (κ3) is 5.23. The van der Waals surface area contributed by atoms with Gasteiger partial charge in [0.25, 0.3) is 0 Å². The number of rotatable bonds is 0. The number of aryl methyl sites for hydroxylation is 1. The molecular weight excluding hydrogens is 160 g/mol. The lowest BCUT2D eigenvalue weighted by Gasteiger charge is -1.99. The van der Waals surface area contributed by atoms with Crippen LogP contribution in [-0.4, -0.2) is 4.98 Å². The highest BCUT2D eigenvalue weighted by atomic mass is 14.8. The van der Waals surface area contributed by atoms with Gasteiger partial charge in [-0.2, -0.15) is 0 Å². The van der Waals surface area contributed by atoms with Gasteiger partial charge in [0.05, 0.1) is 0 Å². The van der Waals surface area contributed by atoms with Gasteiger partial charge < -0.3 is 5.73 Å². The van der Waals surface area contributed by atoms with Crippen LogP contribution < -0.4 is 5.73 Å². The van der Waals surface area contributed by atoms with E-state index >= 15 is 0 Å². The van der Waals surface area contributed by atoms with Crippen LogP contribution in [0.25, 0.3) is 0 Å². The van der Waals surface area contributed by atoms with Crippen LogP contribution in [0.15, 0.2) is 12.3 Å². The molecule has 1 aromatic heterocycles. The van der Waals surface area contributed by atoms with Crippen LogP contribution in [0.1, 0.15) is 31.9 Å². The van der Waals surface area contributed by atoms with E-state index in [1.807, 2.05) is 19.9 Å². The number of nitrogen functional groups attached to an aromatic ring is 1. The normalized spacial score (nSPS) is 9.38. The van der Waals surface area contributed by atoms with Crippen LogP contribution >= 0.6 is 0 Å². The number of anilines is 1. The maximum Gasteiger partial charge on any atom is 0.126 e. The largest absolute Gasteiger partial charge is 0.383 e. The zero-order valence-corrected chi connectivity index (χ0v) is 9.26. The lowest BCUT2D eigenvalue weighted by atomic mass is 10.2. The minimum atomic E-state index is 0.634. The summed E-state index contributed by atoms with van der Waals surface area (Å²) in [4.78, 5) is 3.92. The second-order valence-electron chi connectivity index (χ2n) is 3.87. The Morgan fingerprint density at radius 2 is 1.69 bits per heavy atom. The van der Waals surface area contributed by atoms with E-state index in [9.17, 15) is 0 Å². The van der Waals surface area contributed by atoms with Gasteiger partial charge in [0.15, 0.2) is 0 Å². The van der Waals surface area contributed by atoms with Crippen LogP contribution in [0.3, 0.4) is 0 Å². The summed E-state index contributed by atoms with van der Waals surface area (Å²) in [5, 5.41) is 0. The minimum absolute atomic E-state index is 0.634. The number of pyridine rings is 1. The third-order valence-corrected chi connectivity index (χ3v) is 1.51. The van der Waals surface area contributed by atoms with Crippen LogP contribution in [0, 0.1) is 19.8 Å². The van der Waals surface area contributed by atoms with E-state index in [-0.39, 0.29) is 0 Å². The summed E-state index contributed by atoms with van der Waals surface area (Å²) in [5.74, 6) is 1.47. The van der Waals surface area contributed by atoms with Crippen molar-refractivity contribution in [1.82, 2.24) is 4.98 Å². The van der Waals surface area contributed by atoms with Gasteiger partial charge in [0.2, 0.25) is 0 Å². The van der Waals surface area contributed by atoms with E-state index in [1.165, 1.54) is 5.56 Å². The maximum atomic E-state index is 5.51. The lowest BCUT2D eigenvalue weighted by molar-refractivity contribution is 0.737. The summed E-state index contributed by atoms with van der Waals surface area (Å²) in [6.07, 6.45) is 1.72. The number of aromatic nitrogens is 1. The highest BCUT2D eigenvalue weighted by Gasteiger charge is 1.94. The summed E-state index contributed by atoms with van der Waals surface area (Å²) in [6, 6.07) is 1.95. The Morgan fingerprint density at radius 1 is 1.23 bits per heavy atom. The molecule has 2 heteroatoms. The first-order chi connectivity index (χ1) is 5.95. The van der Waals surface area contributed by atoms with Crippen molar-refractivity contribution in [3.8, 4) is 0 Å². The molecule has 1 aromatic rings. The smallest absolute Gasteiger partial charge is 0.126 e. The Hall–Kier alpha value is -1.05. The molecule has 0 amide bonds. The molecule has 0 aliphatic carbocycles. The summed E-state index contributed by atoms with van der Waals surface area (Å²) in [7, 11) is 0. The average Bonchev–Trinajstić information content (AvgIpc) is 1.99. The van der Waals surface area contributed by atoms with E-state index in [2.05, 4.69) is 25.8 Å². The van der Waals surface area contributed by atoms with Crippen molar-refractivity contribution < 1.29 is 0 Å². The zero-order chi connectivity index (χ0) is 10.4.